The number of amides is 1. The van der Waals surface area contributed by atoms with Crippen molar-refractivity contribution in [3.63, 3.8) is 0 Å². The number of ether oxygens (including phenoxy) is 1. The molecule has 1 aromatic rings. The molecule has 0 bridgehead atoms. The predicted molar refractivity (Wildman–Crippen MR) is 127 cm³/mol. The Bertz CT molecular complexity index is 575. The number of nitrogens with one attached hydrogen (secondary N) is 1. The highest BCUT2D eigenvalue weighted by atomic mass is 32.1. The molecule has 1 N–H and O–H groups in total. The smallest absolute Gasteiger partial charge is 0.413 e. The summed E-state index contributed by atoms with van der Waals surface area (Å²) in [5.74, 6) is -0.0536. The van der Waals surface area contributed by atoms with E-state index in [-0.39, 0.29) is 5.78 Å². The second-order valence-corrected chi connectivity index (χ2v) is 9.18. The van der Waals surface area contributed by atoms with Crippen molar-refractivity contribution < 1.29 is 14.3 Å². The standard InChI is InChI=1S/C24H42N2O3S/c1-3-4-5-6-7-8-9-10-11-12-13-14-15-16-17-18-19-29-24(28)26-23-25-20-22(30-23)21(2)27/h20H,3-19H2,1-2H3,(H,25,26,28). The first kappa shape index (κ1) is 26.6. The van der Waals surface area contributed by atoms with Crippen molar-refractivity contribution in [2.24, 2.45) is 0 Å². The third kappa shape index (κ3) is 14.5. The van der Waals surface area contributed by atoms with Crippen LogP contribution in [0.25, 0.3) is 0 Å². The molecule has 1 aromatic heterocycles. The van der Waals surface area contributed by atoms with Gasteiger partial charge in [-0.25, -0.2) is 9.78 Å². The summed E-state index contributed by atoms with van der Waals surface area (Å²) in [7, 11) is 0. The number of hydrogen-bond donors (Lipinski definition) is 1. The van der Waals surface area contributed by atoms with Crippen LogP contribution < -0.4 is 5.32 Å². The van der Waals surface area contributed by atoms with Crippen LogP contribution in [-0.4, -0.2) is 23.5 Å². The number of nitrogens with zero attached hydrogens (tertiary/aromatic N) is 1. The number of carbonyl (C=O) groups excluding carboxylic acids is 2. The van der Waals surface area contributed by atoms with Crippen molar-refractivity contribution in [3.8, 4) is 0 Å². The fourth-order valence-electron chi connectivity index (χ4n) is 3.43. The topological polar surface area (TPSA) is 68.3 Å². The van der Waals surface area contributed by atoms with Gasteiger partial charge in [0.15, 0.2) is 10.9 Å². The normalized spacial score (nSPS) is 10.9. The second-order valence-electron chi connectivity index (χ2n) is 8.15. The number of rotatable bonds is 19. The molecule has 0 saturated carbocycles. The van der Waals surface area contributed by atoms with Gasteiger partial charge in [-0.1, -0.05) is 115 Å². The summed E-state index contributed by atoms with van der Waals surface area (Å²) in [6.45, 7) is 4.18. The number of carbonyl (C=O) groups is 2. The first-order chi connectivity index (χ1) is 14.6. The summed E-state index contributed by atoms with van der Waals surface area (Å²) in [5, 5.41) is 2.97. The molecule has 5 nitrogen and oxygen atoms in total. The van der Waals surface area contributed by atoms with Crippen LogP contribution >= 0.6 is 11.3 Å². The summed E-state index contributed by atoms with van der Waals surface area (Å²) in [6, 6.07) is 0. The van der Waals surface area contributed by atoms with Crippen LogP contribution in [0.1, 0.15) is 126 Å². The number of ketones is 1. The number of unbranched alkanes of at least 4 members (excludes halogenated alkanes) is 15. The van der Waals surface area contributed by atoms with E-state index in [1.165, 1.54) is 103 Å². The molecule has 1 heterocycles. The maximum absolute atomic E-state index is 11.7. The zero-order chi connectivity index (χ0) is 21.9. The Morgan fingerprint density at radius 1 is 0.833 bits per heavy atom. The molecular formula is C24H42N2O3S. The SMILES string of the molecule is CCCCCCCCCCCCCCCCCCOC(=O)Nc1ncc(C(C)=O)s1. The van der Waals surface area contributed by atoms with Gasteiger partial charge in [-0.2, -0.15) is 0 Å². The molecule has 30 heavy (non-hydrogen) atoms. The van der Waals surface area contributed by atoms with Crippen LogP contribution in [-0.2, 0) is 4.74 Å². The Hall–Kier alpha value is -1.43. The van der Waals surface area contributed by atoms with E-state index in [4.69, 9.17) is 4.74 Å². The number of Topliss-reactive ketones (excluding diaryl/α,β-unsaturated/α-hetero) is 1. The van der Waals surface area contributed by atoms with E-state index in [0.717, 1.165) is 24.2 Å². The molecule has 6 heteroatoms. The summed E-state index contributed by atoms with van der Waals surface area (Å²) >= 11 is 1.16. The van der Waals surface area contributed by atoms with Crippen molar-refractivity contribution in [2.75, 3.05) is 11.9 Å². The molecule has 0 radical (unpaired) electrons. The van der Waals surface area contributed by atoms with Gasteiger partial charge in [-0.15, -0.1) is 0 Å². The highest BCUT2D eigenvalue weighted by molar-refractivity contribution is 7.17. The Morgan fingerprint density at radius 2 is 1.30 bits per heavy atom. The monoisotopic (exact) mass is 438 g/mol. The molecule has 0 atom stereocenters. The van der Waals surface area contributed by atoms with Gasteiger partial charge in [0.1, 0.15) is 0 Å². The Balaban J connectivity index is 1.81. The van der Waals surface area contributed by atoms with Crippen molar-refractivity contribution in [3.05, 3.63) is 11.1 Å². The number of hydrogen-bond acceptors (Lipinski definition) is 5. The van der Waals surface area contributed by atoms with Crippen LogP contribution in [0.15, 0.2) is 6.20 Å². The van der Waals surface area contributed by atoms with E-state index in [1.807, 2.05) is 0 Å². The van der Waals surface area contributed by atoms with Gasteiger partial charge in [-0.3, -0.25) is 10.1 Å². The molecule has 0 aliphatic carbocycles. The number of anilines is 1. The van der Waals surface area contributed by atoms with Gasteiger partial charge in [0, 0.05) is 6.92 Å². The van der Waals surface area contributed by atoms with Crippen molar-refractivity contribution in [1.29, 1.82) is 0 Å². The highest BCUT2D eigenvalue weighted by Crippen LogP contribution is 2.18. The molecule has 0 aliphatic rings. The molecule has 0 aromatic carbocycles. The largest absolute Gasteiger partial charge is 0.449 e. The lowest BCUT2D eigenvalue weighted by Crippen LogP contribution is -2.14. The van der Waals surface area contributed by atoms with Crippen molar-refractivity contribution in [1.82, 2.24) is 4.98 Å². The fraction of sp³-hybridized carbons (Fsp3) is 0.792. The van der Waals surface area contributed by atoms with Gasteiger partial charge < -0.3 is 4.74 Å². The van der Waals surface area contributed by atoms with Crippen LogP contribution in [0.5, 0.6) is 0 Å². The molecule has 0 fully saturated rings. The van der Waals surface area contributed by atoms with Crippen molar-refractivity contribution in [2.45, 2.75) is 117 Å². The summed E-state index contributed by atoms with van der Waals surface area (Å²) in [6.07, 6.45) is 22.1. The zero-order valence-corrected chi connectivity index (χ0v) is 20.0. The van der Waals surface area contributed by atoms with Gasteiger partial charge >= 0.3 is 6.09 Å². The lowest BCUT2D eigenvalue weighted by molar-refractivity contribution is 0.102. The van der Waals surface area contributed by atoms with Crippen molar-refractivity contribution >= 4 is 28.3 Å². The van der Waals surface area contributed by atoms with Crippen LogP contribution in [0, 0.1) is 0 Å². The minimum Gasteiger partial charge on any atom is -0.449 e. The third-order valence-corrected chi connectivity index (χ3v) is 6.31. The molecular weight excluding hydrogens is 396 g/mol. The van der Waals surface area contributed by atoms with E-state index in [2.05, 4.69) is 17.2 Å². The maximum atomic E-state index is 11.7. The zero-order valence-electron chi connectivity index (χ0n) is 19.2. The van der Waals surface area contributed by atoms with E-state index < -0.39 is 6.09 Å². The van der Waals surface area contributed by atoms with Crippen LogP contribution in [0.4, 0.5) is 9.93 Å². The molecule has 0 aliphatic heterocycles. The van der Waals surface area contributed by atoms with Gasteiger partial charge in [0.25, 0.3) is 0 Å². The summed E-state index contributed by atoms with van der Waals surface area (Å²) in [4.78, 5) is 27.4. The third-order valence-electron chi connectivity index (χ3n) is 5.29. The summed E-state index contributed by atoms with van der Waals surface area (Å²) < 4.78 is 5.17. The summed E-state index contributed by atoms with van der Waals surface area (Å²) in [5.41, 5.74) is 0. The van der Waals surface area contributed by atoms with Gasteiger partial charge in [-0.05, 0) is 6.42 Å². The Labute approximate surface area is 187 Å². The van der Waals surface area contributed by atoms with Crippen LogP contribution in [0.2, 0.25) is 0 Å². The first-order valence-corrected chi connectivity index (χ1v) is 12.9. The molecule has 172 valence electrons. The maximum Gasteiger partial charge on any atom is 0.413 e. The minimum atomic E-state index is -0.500. The molecule has 0 saturated heterocycles. The predicted octanol–water partition coefficient (Wildman–Crippen LogP) is 8.16. The molecule has 0 unspecified atom stereocenters. The van der Waals surface area contributed by atoms with E-state index in [9.17, 15) is 9.59 Å². The number of thiazole rings is 1. The number of aromatic nitrogens is 1. The Morgan fingerprint density at radius 3 is 1.73 bits per heavy atom. The lowest BCUT2D eigenvalue weighted by atomic mass is 10.0. The van der Waals surface area contributed by atoms with E-state index in [0.29, 0.717) is 16.6 Å². The average Bonchev–Trinajstić information content (AvgIpc) is 3.19. The fourth-order valence-corrected chi connectivity index (χ4v) is 4.13. The quantitative estimate of drug-likeness (QED) is 0.175. The first-order valence-electron chi connectivity index (χ1n) is 12.0. The second kappa shape index (κ2) is 18.3. The lowest BCUT2D eigenvalue weighted by Gasteiger charge is -2.05. The average molecular weight is 439 g/mol. The van der Waals surface area contributed by atoms with Gasteiger partial charge in [0.05, 0.1) is 17.7 Å². The highest BCUT2D eigenvalue weighted by Gasteiger charge is 2.09. The van der Waals surface area contributed by atoms with Gasteiger partial charge in [0.2, 0.25) is 0 Å². The molecule has 1 rings (SSSR count). The Kier molecular flexibility index (Phi) is 16.3. The molecule has 0 spiro atoms. The molecule has 1 amide bonds. The van der Waals surface area contributed by atoms with E-state index >= 15 is 0 Å². The van der Waals surface area contributed by atoms with Crippen LogP contribution in [0.3, 0.4) is 0 Å². The van der Waals surface area contributed by atoms with E-state index in [1.54, 1.807) is 0 Å². The minimum absolute atomic E-state index is 0.0536.